The number of methoxy groups -OCH3 is 1. The normalized spacial score (nSPS) is 20.6. The molecule has 0 aromatic heterocycles. The van der Waals surface area contributed by atoms with Gasteiger partial charge >= 0.3 is 5.97 Å². The first-order valence-electron chi connectivity index (χ1n) is 13.3. The summed E-state index contributed by atoms with van der Waals surface area (Å²) < 4.78 is 11.7. The van der Waals surface area contributed by atoms with E-state index in [1.165, 1.54) is 0 Å². The first-order chi connectivity index (χ1) is 17.4. The molecule has 4 rings (SSSR count). The molecule has 0 radical (unpaired) electrons. The van der Waals surface area contributed by atoms with Crippen LogP contribution in [0, 0.1) is 26.7 Å². The van der Waals surface area contributed by atoms with E-state index in [0.717, 1.165) is 64.6 Å². The van der Waals surface area contributed by atoms with Crippen LogP contribution in [0.25, 0.3) is 11.1 Å². The fourth-order valence-electron chi connectivity index (χ4n) is 6.02. The van der Waals surface area contributed by atoms with E-state index in [1.54, 1.807) is 7.11 Å². The van der Waals surface area contributed by atoms with E-state index in [-0.39, 0.29) is 17.9 Å². The van der Waals surface area contributed by atoms with Gasteiger partial charge in [0, 0.05) is 31.7 Å². The van der Waals surface area contributed by atoms with Crippen LogP contribution in [-0.2, 0) is 32.2 Å². The zero-order valence-electron chi connectivity index (χ0n) is 23.3. The highest BCUT2D eigenvalue weighted by Crippen LogP contribution is 2.44. The highest BCUT2D eigenvalue weighted by Gasteiger charge is 2.38. The van der Waals surface area contributed by atoms with Gasteiger partial charge in [0.15, 0.2) is 6.10 Å². The molecule has 6 nitrogen and oxygen atoms in total. The highest BCUT2D eigenvalue weighted by atomic mass is 16.5. The number of hydrogen-bond donors (Lipinski definition) is 1. The summed E-state index contributed by atoms with van der Waals surface area (Å²) in [5.41, 5.74) is 7.16. The number of carbonyl (C=O) groups is 2. The molecule has 1 aliphatic carbocycles. The second-order valence-electron chi connectivity index (χ2n) is 11.7. The number of nitrogens with zero attached hydrogens (tertiary/aromatic N) is 1. The van der Waals surface area contributed by atoms with Gasteiger partial charge in [-0.3, -0.25) is 4.79 Å². The summed E-state index contributed by atoms with van der Waals surface area (Å²) in [6, 6.07) is 8.20. The molecule has 3 atom stereocenters. The lowest BCUT2D eigenvalue weighted by Gasteiger charge is -2.30. The summed E-state index contributed by atoms with van der Waals surface area (Å²) >= 11 is 0. The summed E-state index contributed by atoms with van der Waals surface area (Å²) in [6.45, 7) is 12.8. The van der Waals surface area contributed by atoms with Gasteiger partial charge in [-0.1, -0.05) is 36.2 Å². The van der Waals surface area contributed by atoms with Crippen LogP contribution in [0.2, 0.25) is 0 Å². The molecule has 0 saturated heterocycles. The number of benzene rings is 2. The van der Waals surface area contributed by atoms with E-state index in [4.69, 9.17) is 9.47 Å². The van der Waals surface area contributed by atoms with Crippen molar-refractivity contribution in [3.8, 4) is 11.1 Å². The molecule has 1 fully saturated rings. The predicted molar refractivity (Wildman–Crippen MR) is 144 cm³/mol. The van der Waals surface area contributed by atoms with Crippen molar-refractivity contribution in [1.29, 1.82) is 0 Å². The summed E-state index contributed by atoms with van der Waals surface area (Å²) in [6.07, 6.45) is 2.68. The van der Waals surface area contributed by atoms with Crippen LogP contribution in [0.4, 0.5) is 0 Å². The summed E-state index contributed by atoms with van der Waals surface area (Å²) in [7, 11) is 1.72. The average molecular weight is 508 g/mol. The Morgan fingerprint density at radius 2 is 1.62 bits per heavy atom. The van der Waals surface area contributed by atoms with Gasteiger partial charge in [0.2, 0.25) is 5.91 Å². The van der Waals surface area contributed by atoms with Crippen molar-refractivity contribution in [3.63, 3.8) is 0 Å². The molecular weight excluding hydrogens is 466 g/mol. The fraction of sp³-hybridized carbons (Fsp3) is 0.548. The van der Waals surface area contributed by atoms with Gasteiger partial charge in [-0.25, -0.2) is 4.79 Å². The van der Waals surface area contributed by atoms with Crippen molar-refractivity contribution in [2.45, 2.75) is 98.1 Å². The minimum absolute atomic E-state index is 0.0272. The van der Waals surface area contributed by atoms with Gasteiger partial charge in [0.05, 0.1) is 11.7 Å². The van der Waals surface area contributed by atoms with Crippen LogP contribution in [0.15, 0.2) is 24.3 Å². The van der Waals surface area contributed by atoms with Gasteiger partial charge in [-0.2, -0.15) is 0 Å². The predicted octanol–water partition coefficient (Wildman–Crippen LogP) is 6.27. The van der Waals surface area contributed by atoms with Crippen LogP contribution in [0.5, 0.6) is 0 Å². The maximum atomic E-state index is 13.6. The zero-order chi connectivity index (χ0) is 27.1. The summed E-state index contributed by atoms with van der Waals surface area (Å²) in [5, 5.41) is 10.3. The Labute approximate surface area is 221 Å². The van der Waals surface area contributed by atoms with E-state index in [9.17, 15) is 14.7 Å². The number of aliphatic carboxylic acids is 1. The number of ether oxygens (including phenoxy) is 2. The van der Waals surface area contributed by atoms with Crippen LogP contribution >= 0.6 is 0 Å². The van der Waals surface area contributed by atoms with Crippen LogP contribution in [-0.4, -0.2) is 40.7 Å². The number of carboxylic acid groups (broad SMARTS) is 1. The van der Waals surface area contributed by atoms with Crippen molar-refractivity contribution >= 4 is 11.9 Å². The number of hydrogen-bond acceptors (Lipinski definition) is 4. The molecule has 0 bridgehead atoms. The zero-order valence-corrected chi connectivity index (χ0v) is 23.3. The lowest BCUT2D eigenvalue weighted by Crippen LogP contribution is -2.36. The molecule has 2 aromatic rings. The number of fused-ring (bicyclic) bond motifs is 1. The number of aryl methyl sites for hydroxylation is 1. The third-order valence-electron chi connectivity index (χ3n) is 7.93. The maximum absolute atomic E-state index is 13.6. The van der Waals surface area contributed by atoms with Gasteiger partial charge < -0.3 is 19.5 Å². The van der Waals surface area contributed by atoms with Crippen LogP contribution < -0.4 is 0 Å². The van der Waals surface area contributed by atoms with Crippen LogP contribution in [0.3, 0.4) is 0 Å². The topological polar surface area (TPSA) is 76.1 Å². The van der Waals surface area contributed by atoms with Crippen molar-refractivity contribution in [3.05, 3.63) is 57.6 Å². The van der Waals surface area contributed by atoms with Crippen molar-refractivity contribution in [2.24, 2.45) is 5.92 Å². The Balaban J connectivity index is 1.81. The molecule has 6 heteroatoms. The molecule has 3 unspecified atom stereocenters. The average Bonchev–Trinajstić information content (AvgIpc) is 3.31. The standard InChI is InChI=1S/C31H41NO5/c1-18-11-13-21(14-12-18)26-19(2)24-16-32(29(33)22-9-8-10-23(15-22)36-7)17-25(24)20(3)27(26)28(30(34)35)37-31(4,5)6/h11-14,22-23,28H,8-10,15-17H2,1-7H3,(H,34,35). The largest absolute Gasteiger partial charge is 0.479 e. The van der Waals surface area contributed by atoms with Gasteiger partial charge in [-0.05, 0) is 94.2 Å². The first-order valence-corrected chi connectivity index (χ1v) is 13.3. The van der Waals surface area contributed by atoms with E-state index in [0.29, 0.717) is 18.7 Å². The molecule has 200 valence electrons. The van der Waals surface area contributed by atoms with E-state index in [2.05, 4.69) is 6.92 Å². The molecular formula is C31H41NO5. The van der Waals surface area contributed by atoms with E-state index < -0.39 is 17.7 Å². The number of rotatable bonds is 6. The lowest BCUT2D eigenvalue weighted by atomic mass is 9.83. The van der Waals surface area contributed by atoms with Gasteiger partial charge in [-0.15, -0.1) is 0 Å². The molecule has 1 heterocycles. The number of amides is 1. The maximum Gasteiger partial charge on any atom is 0.337 e. The van der Waals surface area contributed by atoms with E-state index >= 15 is 0 Å². The molecule has 0 spiro atoms. The fourth-order valence-corrected chi connectivity index (χ4v) is 6.02. The Morgan fingerprint density at radius 1 is 1.00 bits per heavy atom. The Hall–Kier alpha value is -2.70. The second-order valence-corrected chi connectivity index (χ2v) is 11.7. The lowest BCUT2D eigenvalue weighted by molar-refractivity contribution is -0.160. The Morgan fingerprint density at radius 3 is 2.19 bits per heavy atom. The number of carboxylic acids is 1. The minimum Gasteiger partial charge on any atom is -0.479 e. The molecule has 1 N–H and O–H groups in total. The Kier molecular flexibility index (Phi) is 7.82. The minimum atomic E-state index is -1.12. The van der Waals surface area contributed by atoms with Crippen LogP contribution in [0.1, 0.15) is 85.9 Å². The SMILES string of the molecule is COC1CCCC(C(=O)N2Cc3c(C)c(-c4ccc(C)cc4)c(C(OC(C)(C)C)C(=O)O)c(C)c3C2)C1. The smallest absolute Gasteiger partial charge is 0.337 e. The molecule has 2 aliphatic rings. The Bertz CT molecular complexity index is 1180. The summed E-state index contributed by atoms with van der Waals surface area (Å²) in [5.74, 6) is -0.860. The van der Waals surface area contributed by atoms with Crippen molar-refractivity contribution in [1.82, 2.24) is 4.90 Å². The second kappa shape index (κ2) is 10.6. The van der Waals surface area contributed by atoms with E-state index in [1.807, 2.05) is 63.8 Å². The molecule has 2 aromatic carbocycles. The van der Waals surface area contributed by atoms with Gasteiger partial charge in [0.1, 0.15) is 0 Å². The molecule has 37 heavy (non-hydrogen) atoms. The first kappa shape index (κ1) is 27.3. The third kappa shape index (κ3) is 5.60. The monoisotopic (exact) mass is 507 g/mol. The molecule has 1 aliphatic heterocycles. The summed E-state index contributed by atoms with van der Waals surface area (Å²) in [4.78, 5) is 28.2. The van der Waals surface area contributed by atoms with Gasteiger partial charge in [0.25, 0.3) is 0 Å². The molecule has 1 saturated carbocycles. The highest BCUT2D eigenvalue weighted by molar-refractivity contribution is 5.85. The number of carbonyl (C=O) groups excluding carboxylic acids is 1. The molecule has 1 amide bonds. The quantitative estimate of drug-likeness (QED) is 0.499. The third-order valence-corrected chi connectivity index (χ3v) is 7.93. The van der Waals surface area contributed by atoms with Crippen molar-refractivity contribution in [2.75, 3.05) is 7.11 Å². The van der Waals surface area contributed by atoms with Crippen molar-refractivity contribution < 1.29 is 24.2 Å².